The number of ether oxygens (including phenoxy) is 2. The zero-order chi connectivity index (χ0) is 13.5. The summed E-state index contributed by atoms with van der Waals surface area (Å²) in [5, 5.41) is 16.5. The van der Waals surface area contributed by atoms with Gasteiger partial charge >= 0.3 is 17.2 Å². The Morgan fingerprint density at radius 2 is 1.00 bits per heavy atom. The molecule has 0 aromatic rings. The minimum absolute atomic E-state index is 0.0417. The van der Waals surface area contributed by atoms with Crippen LogP contribution in [0, 0.1) is 0 Å². The molecule has 0 spiro atoms. The van der Waals surface area contributed by atoms with Crippen LogP contribution in [0.2, 0.25) is 0 Å². The first kappa shape index (κ1) is 19.8. The summed E-state index contributed by atoms with van der Waals surface area (Å²) in [6, 6.07) is 0. The monoisotopic (exact) mass is 296 g/mol. The Hall–Kier alpha value is 0.500. The molecule has 0 amide bonds. The number of hydrogen-bond acceptors (Lipinski definition) is 9. The van der Waals surface area contributed by atoms with Gasteiger partial charge in [-0.05, 0) is 0 Å². The number of hydrogen-bond donors (Lipinski definition) is 6. The van der Waals surface area contributed by atoms with Crippen molar-refractivity contribution in [3.05, 3.63) is 0 Å². The van der Waals surface area contributed by atoms with Gasteiger partial charge in [0.15, 0.2) is 0 Å². The molecule has 0 bridgehead atoms. The van der Waals surface area contributed by atoms with Crippen molar-refractivity contribution in [1.82, 2.24) is 0 Å². The van der Waals surface area contributed by atoms with Gasteiger partial charge in [0, 0.05) is 0 Å². The molecule has 6 N–H and O–H groups in total. The molecule has 0 fully saturated rings. The molecule has 0 aliphatic carbocycles. The number of rotatable bonds is 9. The van der Waals surface area contributed by atoms with Crippen molar-refractivity contribution in [2.75, 3.05) is 39.6 Å². The summed E-state index contributed by atoms with van der Waals surface area (Å²) in [5.41, 5.74) is 0. The van der Waals surface area contributed by atoms with E-state index in [4.69, 9.17) is 39.3 Å². The molecule has 0 aliphatic rings. The van der Waals surface area contributed by atoms with Gasteiger partial charge in [0.05, 0.1) is 39.6 Å². The molecule has 17 heavy (non-hydrogen) atoms. The maximum absolute atomic E-state index is 8.26. The van der Waals surface area contributed by atoms with E-state index in [0.717, 1.165) is 0 Å². The molecular weight excluding hydrogens is 278 g/mol. The molecule has 0 saturated carbocycles. The minimum Gasteiger partial charge on any atom is -0.394 e. The Morgan fingerprint density at radius 3 is 1.18 bits per heavy atom. The van der Waals surface area contributed by atoms with Crippen molar-refractivity contribution >= 4 is 17.2 Å². The predicted octanol–water partition coefficient (Wildman–Crippen LogP) is -1.57. The molecule has 0 aromatic carbocycles. The summed E-state index contributed by atoms with van der Waals surface area (Å²) in [5.74, 6) is 0. The first-order chi connectivity index (χ1) is 8.04. The summed E-state index contributed by atoms with van der Waals surface area (Å²) < 4.78 is 13.3. The fourth-order valence-electron chi connectivity index (χ4n) is 0.516. The standard InChI is InChI=1S/C6H14O4.H4O5P2/c7-1-3-9-5-6-10-4-2-8;1-6(2)5-7(3)4/h7-8H,1-6H2;1-4H. The van der Waals surface area contributed by atoms with E-state index in [2.05, 4.69) is 4.31 Å². The fourth-order valence-corrected chi connectivity index (χ4v) is 1.04. The summed E-state index contributed by atoms with van der Waals surface area (Å²) in [6.07, 6.45) is 0. The molecule has 106 valence electrons. The van der Waals surface area contributed by atoms with E-state index in [1.807, 2.05) is 0 Å². The largest absolute Gasteiger partial charge is 0.394 e. The van der Waals surface area contributed by atoms with Crippen molar-refractivity contribution < 1.29 is 43.6 Å². The molecule has 0 atom stereocenters. The highest BCUT2D eigenvalue weighted by Crippen LogP contribution is 2.41. The van der Waals surface area contributed by atoms with E-state index >= 15 is 0 Å². The molecule has 0 aliphatic heterocycles. The third kappa shape index (κ3) is 26.2. The number of aliphatic hydroxyl groups excluding tert-OH is 2. The lowest BCUT2D eigenvalue weighted by molar-refractivity contribution is 0.0222. The second kappa shape index (κ2) is 16.5. The van der Waals surface area contributed by atoms with Gasteiger partial charge in [-0.15, -0.1) is 0 Å². The summed E-state index contributed by atoms with van der Waals surface area (Å²) in [6.45, 7) is 1.73. The highest BCUT2D eigenvalue weighted by Gasteiger charge is 2.05. The second-order valence-corrected chi connectivity index (χ2v) is 3.92. The van der Waals surface area contributed by atoms with Gasteiger partial charge in [0.25, 0.3) is 0 Å². The van der Waals surface area contributed by atoms with Gasteiger partial charge in [-0.3, -0.25) is 0 Å². The van der Waals surface area contributed by atoms with Crippen molar-refractivity contribution in [3.8, 4) is 0 Å². The molecule has 0 rings (SSSR count). The predicted molar refractivity (Wildman–Crippen MR) is 59.6 cm³/mol. The number of aliphatic hydroxyl groups is 2. The average molecular weight is 296 g/mol. The molecular formula is C6H18O9P2. The highest BCUT2D eigenvalue weighted by molar-refractivity contribution is 7.53. The minimum atomic E-state index is -2.61. The maximum Gasteiger partial charge on any atom is 0.334 e. The smallest absolute Gasteiger partial charge is 0.334 e. The third-order valence-electron chi connectivity index (χ3n) is 0.989. The van der Waals surface area contributed by atoms with Gasteiger partial charge in [-0.1, -0.05) is 0 Å². The quantitative estimate of drug-likeness (QED) is 0.219. The van der Waals surface area contributed by atoms with Crippen LogP contribution in [0.5, 0.6) is 0 Å². The average Bonchev–Trinajstić information content (AvgIpc) is 2.22. The fraction of sp³-hybridized carbons (Fsp3) is 1.00. The van der Waals surface area contributed by atoms with Crippen LogP contribution in [0.15, 0.2) is 0 Å². The third-order valence-corrected chi connectivity index (χ3v) is 2.16. The van der Waals surface area contributed by atoms with E-state index in [9.17, 15) is 0 Å². The van der Waals surface area contributed by atoms with Crippen LogP contribution < -0.4 is 0 Å². The molecule has 0 saturated heterocycles. The van der Waals surface area contributed by atoms with E-state index < -0.39 is 17.2 Å². The Morgan fingerprint density at radius 1 is 0.647 bits per heavy atom. The van der Waals surface area contributed by atoms with E-state index in [0.29, 0.717) is 26.4 Å². The van der Waals surface area contributed by atoms with Crippen LogP contribution in [-0.2, 0) is 13.8 Å². The van der Waals surface area contributed by atoms with Crippen LogP contribution in [0.4, 0.5) is 0 Å². The molecule has 0 unspecified atom stereocenters. The Kier molecular flexibility index (Phi) is 19.2. The normalized spacial score (nSPS) is 10.6. The van der Waals surface area contributed by atoms with Crippen LogP contribution >= 0.6 is 17.2 Å². The van der Waals surface area contributed by atoms with E-state index in [-0.39, 0.29) is 13.2 Å². The Bertz CT molecular complexity index is 123. The van der Waals surface area contributed by atoms with Crippen molar-refractivity contribution in [2.45, 2.75) is 0 Å². The van der Waals surface area contributed by atoms with Gasteiger partial charge in [0.1, 0.15) is 0 Å². The lowest BCUT2D eigenvalue weighted by atomic mass is 10.7. The lowest BCUT2D eigenvalue weighted by Crippen LogP contribution is -2.09. The molecule has 9 nitrogen and oxygen atoms in total. The van der Waals surface area contributed by atoms with Gasteiger partial charge in [-0.25, -0.2) is 4.31 Å². The van der Waals surface area contributed by atoms with E-state index in [1.165, 1.54) is 0 Å². The zero-order valence-electron chi connectivity index (χ0n) is 9.05. The zero-order valence-corrected chi connectivity index (χ0v) is 10.8. The van der Waals surface area contributed by atoms with Crippen LogP contribution in [0.3, 0.4) is 0 Å². The van der Waals surface area contributed by atoms with Gasteiger partial charge in [-0.2, -0.15) is 0 Å². The van der Waals surface area contributed by atoms with Crippen LogP contribution in [0.1, 0.15) is 0 Å². The van der Waals surface area contributed by atoms with Crippen LogP contribution in [0.25, 0.3) is 0 Å². The maximum atomic E-state index is 8.26. The molecule has 0 radical (unpaired) electrons. The Labute approximate surface area is 101 Å². The van der Waals surface area contributed by atoms with Crippen molar-refractivity contribution in [3.63, 3.8) is 0 Å². The Balaban J connectivity index is 0. The van der Waals surface area contributed by atoms with Gasteiger partial charge < -0.3 is 39.3 Å². The summed E-state index contributed by atoms with van der Waals surface area (Å²) in [4.78, 5) is 31.3. The van der Waals surface area contributed by atoms with Crippen molar-refractivity contribution in [1.29, 1.82) is 0 Å². The first-order valence-electron chi connectivity index (χ1n) is 4.45. The molecule has 0 aromatic heterocycles. The molecule has 0 heterocycles. The summed E-state index contributed by atoms with van der Waals surface area (Å²) >= 11 is 0. The topological polar surface area (TPSA) is 149 Å². The lowest BCUT2D eigenvalue weighted by Gasteiger charge is -2.01. The highest BCUT2D eigenvalue weighted by atomic mass is 31.2. The second-order valence-electron chi connectivity index (χ2n) is 2.26. The first-order valence-corrected chi connectivity index (χ1v) is 6.78. The van der Waals surface area contributed by atoms with Crippen molar-refractivity contribution in [2.24, 2.45) is 0 Å². The van der Waals surface area contributed by atoms with E-state index in [1.54, 1.807) is 0 Å². The van der Waals surface area contributed by atoms with Crippen LogP contribution in [-0.4, -0.2) is 69.4 Å². The molecule has 11 heteroatoms. The SMILES string of the molecule is OCCOCCOCCO.OP(O)OP(O)O. The van der Waals surface area contributed by atoms with Gasteiger partial charge in [0.2, 0.25) is 0 Å². The summed E-state index contributed by atoms with van der Waals surface area (Å²) in [7, 11) is -5.22.